The fourth-order valence-corrected chi connectivity index (χ4v) is 0.982. The van der Waals surface area contributed by atoms with E-state index >= 15 is 0 Å². The topological polar surface area (TPSA) is 72.5 Å². The van der Waals surface area contributed by atoms with Crippen molar-refractivity contribution in [1.29, 1.82) is 0 Å². The van der Waals surface area contributed by atoms with Crippen LogP contribution in [-0.4, -0.2) is 31.3 Å². The molecule has 1 aliphatic heterocycles. The summed E-state index contributed by atoms with van der Waals surface area (Å²) >= 11 is 0. The third-order valence-corrected chi connectivity index (χ3v) is 1.67. The van der Waals surface area contributed by atoms with Gasteiger partial charge in [0.05, 0.1) is 0 Å². The molecule has 3 N–H and O–H groups in total. The molecule has 1 aliphatic rings. The van der Waals surface area contributed by atoms with Gasteiger partial charge in [-0.2, -0.15) is 0 Å². The maximum Gasteiger partial charge on any atom is 0.290 e. The van der Waals surface area contributed by atoms with Crippen LogP contribution in [0.15, 0.2) is 0 Å². The fraction of sp³-hybridized carbons (Fsp3) is 0.857. The molecule has 11 heavy (non-hydrogen) atoms. The van der Waals surface area contributed by atoms with Gasteiger partial charge < -0.3 is 15.6 Å². The molecule has 0 aliphatic carbocycles. The lowest BCUT2D eigenvalue weighted by Gasteiger charge is -2.19. The van der Waals surface area contributed by atoms with E-state index in [1.54, 1.807) is 0 Å². The van der Waals surface area contributed by atoms with Gasteiger partial charge in [0.15, 0.2) is 0 Å². The van der Waals surface area contributed by atoms with E-state index in [1.807, 2.05) is 0 Å². The normalized spacial score (nSPS) is 18.3. The Bertz CT molecular complexity index is 91.7. The third-order valence-electron chi connectivity index (χ3n) is 1.67. The molecule has 0 aromatic heterocycles. The van der Waals surface area contributed by atoms with Crippen molar-refractivity contribution in [3.63, 3.8) is 0 Å². The Morgan fingerprint density at radius 1 is 1.55 bits per heavy atom. The Morgan fingerprint density at radius 2 is 2.00 bits per heavy atom. The van der Waals surface area contributed by atoms with Gasteiger partial charge in [0.25, 0.3) is 6.47 Å². The van der Waals surface area contributed by atoms with E-state index in [1.165, 1.54) is 0 Å². The van der Waals surface area contributed by atoms with Crippen molar-refractivity contribution in [3.8, 4) is 0 Å². The molecule has 0 unspecified atom stereocenters. The van der Waals surface area contributed by atoms with Gasteiger partial charge in [0.1, 0.15) is 0 Å². The highest BCUT2D eigenvalue weighted by Crippen LogP contribution is 2.11. The number of nitrogens with two attached hydrogens (primary N) is 1. The van der Waals surface area contributed by atoms with Crippen LogP contribution in [0.3, 0.4) is 0 Å². The summed E-state index contributed by atoms with van der Waals surface area (Å²) in [6.45, 7) is 2.42. The van der Waals surface area contributed by atoms with Crippen LogP contribution < -0.4 is 5.73 Å². The lowest BCUT2D eigenvalue weighted by atomic mass is 10.0. The van der Waals surface area contributed by atoms with Crippen molar-refractivity contribution in [2.45, 2.75) is 12.8 Å². The van der Waals surface area contributed by atoms with Gasteiger partial charge in [-0.3, -0.25) is 4.79 Å². The van der Waals surface area contributed by atoms with Gasteiger partial charge >= 0.3 is 0 Å². The minimum absolute atomic E-state index is 0.250. The van der Waals surface area contributed by atoms with Crippen molar-refractivity contribution in [1.82, 2.24) is 0 Å². The number of hydrogen-bond acceptors (Lipinski definition) is 3. The summed E-state index contributed by atoms with van der Waals surface area (Å²) in [5.41, 5.74) is 5.45. The average Bonchev–Trinajstić information content (AvgIpc) is 2.08. The number of carboxylic acid groups (broad SMARTS) is 1. The molecule has 1 rings (SSSR count). The number of ether oxygens (including phenoxy) is 1. The predicted molar refractivity (Wildman–Crippen MR) is 41.3 cm³/mol. The van der Waals surface area contributed by atoms with E-state index in [9.17, 15) is 0 Å². The zero-order chi connectivity index (χ0) is 8.53. The Kier molecular flexibility index (Phi) is 7.08. The highest BCUT2D eigenvalue weighted by atomic mass is 16.5. The van der Waals surface area contributed by atoms with Crippen LogP contribution in [0.2, 0.25) is 0 Å². The molecule has 0 atom stereocenters. The lowest BCUT2D eigenvalue weighted by molar-refractivity contribution is -0.122. The summed E-state index contributed by atoms with van der Waals surface area (Å²) in [5, 5.41) is 6.89. The van der Waals surface area contributed by atoms with Crippen LogP contribution in [0.25, 0.3) is 0 Å². The van der Waals surface area contributed by atoms with E-state index in [2.05, 4.69) is 0 Å². The number of carbonyl (C=O) groups is 1. The quantitative estimate of drug-likeness (QED) is 0.534. The maximum absolute atomic E-state index is 8.36. The van der Waals surface area contributed by atoms with Crippen molar-refractivity contribution >= 4 is 6.47 Å². The first-order valence-electron chi connectivity index (χ1n) is 3.70. The van der Waals surface area contributed by atoms with Crippen LogP contribution in [0.1, 0.15) is 12.8 Å². The molecule has 0 saturated carbocycles. The van der Waals surface area contributed by atoms with Crippen LogP contribution >= 0.6 is 0 Å². The van der Waals surface area contributed by atoms with Crippen molar-refractivity contribution < 1.29 is 14.6 Å². The molecule has 4 nitrogen and oxygen atoms in total. The molecule has 66 valence electrons. The average molecular weight is 161 g/mol. The first-order valence-corrected chi connectivity index (χ1v) is 3.70. The van der Waals surface area contributed by atoms with Gasteiger partial charge in [-0.15, -0.1) is 0 Å². The molecular formula is C7H15NO3. The largest absolute Gasteiger partial charge is 0.483 e. The van der Waals surface area contributed by atoms with E-state index in [0.29, 0.717) is 0 Å². The van der Waals surface area contributed by atoms with E-state index in [4.69, 9.17) is 20.4 Å². The second kappa shape index (κ2) is 7.50. The van der Waals surface area contributed by atoms with Crippen molar-refractivity contribution in [2.24, 2.45) is 11.7 Å². The van der Waals surface area contributed by atoms with E-state index in [-0.39, 0.29) is 6.47 Å². The molecule has 0 bridgehead atoms. The highest BCUT2D eigenvalue weighted by molar-refractivity contribution is 5.32. The van der Waals surface area contributed by atoms with Crippen LogP contribution in [-0.2, 0) is 9.53 Å². The summed E-state index contributed by atoms with van der Waals surface area (Å²) in [7, 11) is 0. The molecule has 4 heteroatoms. The smallest absolute Gasteiger partial charge is 0.290 e. The summed E-state index contributed by atoms with van der Waals surface area (Å²) in [5.74, 6) is 0.740. The Balaban J connectivity index is 0.000000292. The molecular weight excluding hydrogens is 146 g/mol. The molecule has 0 amide bonds. The monoisotopic (exact) mass is 161 g/mol. The van der Waals surface area contributed by atoms with Gasteiger partial charge in [-0.25, -0.2) is 0 Å². The Labute approximate surface area is 66.3 Å². The molecule has 0 radical (unpaired) electrons. The predicted octanol–water partition coefficient (Wildman–Crippen LogP) is 0.0725. The van der Waals surface area contributed by atoms with Gasteiger partial charge in [-0.05, 0) is 25.3 Å². The number of rotatable bonds is 1. The van der Waals surface area contributed by atoms with Crippen LogP contribution in [0.4, 0.5) is 0 Å². The minimum atomic E-state index is -0.250. The SMILES string of the molecule is NCC1CCOCC1.O=CO. The lowest BCUT2D eigenvalue weighted by Crippen LogP contribution is -2.22. The second-order valence-corrected chi connectivity index (χ2v) is 2.40. The van der Waals surface area contributed by atoms with Gasteiger partial charge in [-0.1, -0.05) is 0 Å². The minimum Gasteiger partial charge on any atom is -0.483 e. The maximum atomic E-state index is 8.36. The molecule has 1 saturated heterocycles. The molecule has 1 fully saturated rings. The second-order valence-electron chi connectivity index (χ2n) is 2.40. The first-order chi connectivity index (χ1) is 5.35. The van der Waals surface area contributed by atoms with Crippen LogP contribution in [0, 0.1) is 5.92 Å². The Hall–Kier alpha value is -0.610. The summed E-state index contributed by atoms with van der Waals surface area (Å²) in [6.07, 6.45) is 2.33. The summed E-state index contributed by atoms with van der Waals surface area (Å²) < 4.78 is 5.15. The van der Waals surface area contributed by atoms with E-state index < -0.39 is 0 Å². The van der Waals surface area contributed by atoms with Crippen molar-refractivity contribution in [3.05, 3.63) is 0 Å². The molecule has 1 heterocycles. The zero-order valence-corrected chi connectivity index (χ0v) is 6.53. The molecule has 0 spiro atoms. The number of hydrogen-bond donors (Lipinski definition) is 2. The summed E-state index contributed by atoms with van der Waals surface area (Å²) in [4.78, 5) is 8.36. The van der Waals surface area contributed by atoms with Gasteiger partial charge in [0, 0.05) is 13.2 Å². The van der Waals surface area contributed by atoms with Crippen LogP contribution in [0.5, 0.6) is 0 Å². The van der Waals surface area contributed by atoms with Gasteiger partial charge in [0.2, 0.25) is 0 Å². The van der Waals surface area contributed by atoms with Crippen molar-refractivity contribution in [2.75, 3.05) is 19.8 Å². The highest BCUT2D eigenvalue weighted by Gasteiger charge is 2.10. The Morgan fingerprint density at radius 3 is 2.27 bits per heavy atom. The third kappa shape index (κ3) is 5.82. The molecule has 0 aromatic carbocycles. The fourth-order valence-electron chi connectivity index (χ4n) is 0.982. The standard InChI is InChI=1S/C6H13NO.CH2O2/c7-5-6-1-3-8-4-2-6;2-1-3/h6H,1-5,7H2;1H,(H,2,3). The molecule has 0 aromatic rings. The zero-order valence-electron chi connectivity index (χ0n) is 6.53. The first kappa shape index (κ1) is 10.4. The summed E-state index contributed by atoms with van der Waals surface area (Å²) in [6, 6.07) is 0. The van der Waals surface area contributed by atoms with E-state index in [0.717, 1.165) is 38.5 Å².